The molecule has 0 saturated carbocycles. The molecule has 1 amide bonds. The summed E-state index contributed by atoms with van der Waals surface area (Å²) in [6.45, 7) is 4.05. The lowest BCUT2D eigenvalue weighted by atomic mass is 9.93. The highest BCUT2D eigenvalue weighted by molar-refractivity contribution is 6.30. The summed E-state index contributed by atoms with van der Waals surface area (Å²) >= 11 is 5.99. The van der Waals surface area contributed by atoms with Crippen molar-refractivity contribution in [3.8, 4) is 0 Å². The van der Waals surface area contributed by atoms with Gasteiger partial charge in [0.2, 0.25) is 0 Å². The molecule has 2 rings (SSSR count). The summed E-state index contributed by atoms with van der Waals surface area (Å²) in [5, 5.41) is 23.8. The Hall–Kier alpha value is -2.08. The van der Waals surface area contributed by atoms with Crippen LogP contribution in [0.25, 0.3) is 0 Å². The molecule has 26 heavy (non-hydrogen) atoms. The Morgan fingerprint density at radius 3 is 2.38 bits per heavy atom. The van der Waals surface area contributed by atoms with Crippen LogP contribution in [0.3, 0.4) is 0 Å². The van der Waals surface area contributed by atoms with Crippen LogP contribution in [-0.4, -0.2) is 29.0 Å². The van der Waals surface area contributed by atoms with Gasteiger partial charge in [-0.3, -0.25) is 0 Å². The summed E-state index contributed by atoms with van der Waals surface area (Å²) in [7, 11) is 0. The minimum Gasteiger partial charge on any atom is -0.445 e. The standard InChI is InChI=1S/C20H24ClNO4/c1-13-10-16(21)11-14(2)18(13)19(24)17(23)8-9-22-20(25)26-12-15-6-4-3-5-7-15/h3-7,10-11,17,19,23-24H,8-9,12H2,1-2H3,(H,22,25). The van der Waals surface area contributed by atoms with Gasteiger partial charge in [0, 0.05) is 11.6 Å². The fourth-order valence-corrected chi connectivity index (χ4v) is 3.16. The first-order valence-corrected chi connectivity index (χ1v) is 8.83. The Labute approximate surface area is 158 Å². The SMILES string of the molecule is Cc1cc(Cl)cc(C)c1C(O)C(O)CCNC(=O)OCc1ccccc1. The number of aliphatic hydroxyl groups is 2. The number of hydrogen-bond donors (Lipinski definition) is 3. The highest BCUT2D eigenvalue weighted by atomic mass is 35.5. The lowest BCUT2D eigenvalue weighted by Crippen LogP contribution is -2.30. The minimum atomic E-state index is -1.05. The zero-order valence-corrected chi connectivity index (χ0v) is 15.7. The molecule has 0 aromatic heterocycles. The van der Waals surface area contributed by atoms with Gasteiger partial charge in [-0.1, -0.05) is 41.9 Å². The Kier molecular flexibility index (Phi) is 7.45. The van der Waals surface area contributed by atoms with E-state index in [1.54, 1.807) is 12.1 Å². The average Bonchev–Trinajstić information content (AvgIpc) is 2.59. The van der Waals surface area contributed by atoms with Crippen molar-refractivity contribution in [1.82, 2.24) is 5.32 Å². The Bertz CT molecular complexity index is 713. The summed E-state index contributed by atoms with van der Waals surface area (Å²) in [4.78, 5) is 11.7. The van der Waals surface area contributed by atoms with Crippen LogP contribution in [0.15, 0.2) is 42.5 Å². The molecule has 0 aliphatic rings. The molecule has 2 atom stereocenters. The number of rotatable bonds is 7. The van der Waals surface area contributed by atoms with Crippen LogP contribution >= 0.6 is 11.6 Å². The highest BCUT2D eigenvalue weighted by Crippen LogP contribution is 2.28. The second-order valence-electron chi connectivity index (χ2n) is 6.24. The first-order chi connectivity index (χ1) is 12.4. The van der Waals surface area contributed by atoms with Gasteiger partial charge in [0.05, 0.1) is 6.10 Å². The largest absolute Gasteiger partial charge is 0.445 e. The third-order valence-electron chi connectivity index (χ3n) is 4.14. The van der Waals surface area contributed by atoms with E-state index >= 15 is 0 Å². The fraction of sp³-hybridized carbons (Fsp3) is 0.350. The van der Waals surface area contributed by atoms with E-state index in [0.29, 0.717) is 10.6 Å². The average molecular weight is 378 g/mol. The predicted octanol–water partition coefficient (Wildman–Crippen LogP) is 3.67. The Balaban J connectivity index is 1.79. The molecule has 5 nitrogen and oxygen atoms in total. The van der Waals surface area contributed by atoms with Crippen molar-refractivity contribution in [2.75, 3.05) is 6.54 Å². The molecule has 0 heterocycles. The summed E-state index contributed by atoms with van der Waals surface area (Å²) in [6.07, 6.45) is -2.42. The van der Waals surface area contributed by atoms with Gasteiger partial charge in [0.1, 0.15) is 12.7 Å². The number of aryl methyl sites for hydroxylation is 2. The molecular weight excluding hydrogens is 354 g/mol. The molecule has 0 spiro atoms. The van der Waals surface area contributed by atoms with E-state index in [1.807, 2.05) is 44.2 Å². The first kappa shape index (κ1) is 20.2. The van der Waals surface area contributed by atoms with Crippen LogP contribution in [0.2, 0.25) is 5.02 Å². The monoisotopic (exact) mass is 377 g/mol. The van der Waals surface area contributed by atoms with Crippen LogP contribution in [0.5, 0.6) is 0 Å². The van der Waals surface area contributed by atoms with Crippen molar-refractivity contribution in [3.63, 3.8) is 0 Å². The zero-order valence-electron chi connectivity index (χ0n) is 14.9. The van der Waals surface area contributed by atoms with Crippen LogP contribution in [0.1, 0.15) is 34.8 Å². The molecule has 0 saturated heterocycles. The molecule has 6 heteroatoms. The van der Waals surface area contributed by atoms with Crippen molar-refractivity contribution in [2.24, 2.45) is 0 Å². The molecule has 0 bridgehead atoms. The summed E-state index contributed by atoms with van der Waals surface area (Å²) in [5.74, 6) is 0. The molecule has 0 aliphatic carbocycles. The number of halogens is 1. The van der Waals surface area contributed by atoms with E-state index in [4.69, 9.17) is 16.3 Å². The molecule has 2 aromatic carbocycles. The van der Waals surface area contributed by atoms with E-state index in [2.05, 4.69) is 5.32 Å². The third kappa shape index (κ3) is 5.73. The minimum absolute atomic E-state index is 0.182. The van der Waals surface area contributed by atoms with Gasteiger partial charge in [-0.2, -0.15) is 0 Å². The van der Waals surface area contributed by atoms with E-state index < -0.39 is 18.3 Å². The molecule has 0 fully saturated rings. The molecule has 140 valence electrons. The van der Waals surface area contributed by atoms with Gasteiger partial charge in [-0.05, 0) is 54.7 Å². The number of carbonyl (C=O) groups is 1. The number of carbonyl (C=O) groups excluding carboxylic acids is 1. The predicted molar refractivity (Wildman–Crippen MR) is 101 cm³/mol. The molecule has 0 radical (unpaired) electrons. The maximum absolute atomic E-state index is 11.7. The normalized spacial score (nSPS) is 13.1. The van der Waals surface area contributed by atoms with Gasteiger partial charge in [-0.25, -0.2) is 4.79 Å². The summed E-state index contributed by atoms with van der Waals surface area (Å²) in [6, 6.07) is 12.9. The topological polar surface area (TPSA) is 78.8 Å². The molecule has 2 aromatic rings. The maximum atomic E-state index is 11.7. The van der Waals surface area contributed by atoms with Crippen LogP contribution in [-0.2, 0) is 11.3 Å². The second kappa shape index (κ2) is 9.57. The Morgan fingerprint density at radius 2 is 1.77 bits per heavy atom. The van der Waals surface area contributed by atoms with Crippen molar-refractivity contribution in [2.45, 2.75) is 39.1 Å². The maximum Gasteiger partial charge on any atom is 0.407 e. The smallest absolute Gasteiger partial charge is 0.407 e. The van der Waals surface area contributed by atoms with Crippen molar-refractivity contribution in [3.05, 3.63) is 69.7 Å². The van der Waals surface area contributed by atoms with Crippen molar-refractivity contribution >= 4 is 17.7 Å². The van der Waals surface area contributed by atoms with Crippen molar-refractivity contribution < 1.29 is 19.7 Å². The quantitative estimate of drug-likeness (QED) is 0.688. The summed E-state index contributed by atoms with van der Waals surface area (Å²) in [5.41, 5.74) is 3.19. The van der Waals surface area contributed by atoms with Gasteiger partial charge in [-0.15, -0.1) is 0 Å². The van der Waals surface area contributed by atoms with Gasteiger partial charge in [0.15, 0.2) is 0 Å². The van der Waals surface area contributed by atoms with Crippen LogP contribution in [0.4, 0.5) is 4.79 Å². The number of alkyl carbamates (subject to hydrolysis) is 1. The number of amides is 1. The van der Waals surface area contributed by atoms with Crippen LogP contribution < -0.4 is 5.32 Å². The zero-order chi connectivity index (χ0) is 19.1. The summed E-state index contributed by atoms with van der Waals surface area (Å²) < 4.78 is 5.10. The number of benzene rings is 2. The van der Waals surface area contributed by atoms with Crippen molar-refractivity contribution in [1.29, 1.82) is 0 Å². The molecule has 2 unspecified atom stereocenters. The van der Waals surface area contributed by atoms with E-state index in [9.17, 15) is 15.0 Å². The van der Waals surface area contributed by atoms with Gasteiger partial charge < -0.3 is 20.3 Å². The third-order valence-corrected chi connectivity index (χ3v) is 4.36. The lowest BCUT2D eigenvalue weighted by Gasteiger charge is -2.22. The number of nitrogens with one attached hydrogen (secondary N) is 1. The number of ether oxygens (including phenoxy) is 1. The lowest BCUT2D eigenvalue weighted by molar-refractivity contribution is 0.0129. The van der Waals surface area contributed by atoms with Gasteiger partial charge >= 0.3 is 6.09 Å². The van der Waals surface area contributed by atoms with Gasteiger partial charge in [0.25, 0.3) is 0 Å². The Morgan fingerprint density at radius 1 is 1.15 bits per heavy atom. The molecular formula is C20H24ClNO4. The fourth-order valence-electron chi connectivity index (χ4n) is 2.83. The molecule has 0 aliphatic heterocycles. The van der Waals surface area contributed by atoms with E-state index in [0.717, 1.165) is 16.7 Å². The highest BCUT2D eigenvalue weighted by Gasteiger charge is 2.22. The number of aliphatic hydroxyl groups excluding tert-OH is 2. The van der Waals surface area contributed by atoms with E-state index in [-0.39, 0.29) is 19.6 Å². The van der Waals surface area contributed by atoms with Crippen LogP contribution in [0, 0.1) is 13.8 Å². The second-order valence-corrected chi connectivity index (χ2v) is 6.68. The molecule has 3 N–H and O–H groups in total. The van der Waals surface area contributed by atoms with E-state index in [1.165, 1.54) is 0 Å². The first-order valence-electron chi connectivity index (χ1n) is 8.46. The number of hydrogen-bond acceptors (Lipinski definition) is 4.